The minimum Gasteiger partial charge on any atom is -0.484 e. The largest absolute Gasteiger partial charge is 0.484 e. The minimum absolute atomic E-state index is 0.0321. The molecule has 1 aliphatic rings. The van der Waals surface area contributed by atoms with E-state index >= 15 is 0 Å². The number of nitriles is 1. The summed E-state index contributed by atoms with van der Waals surface area (Å²) in [7, 11) is 0. The Labute approximate surface area is 124 Å². The zero-order valence-electron chi connectivity index (χ0n) is 12.0. The van der Waals surface area contributed by atoms with Crippen molar-refractivity contribution >= 4 is 5.91 Å². The van der Waals surface area contributed by atoms with Crippen LogP contribution in [0.4, 0.5) is 0 Å². The number of aliphatic hydroxyl groups is 1. The van der Waals surface area contributed by atoms with Crippen LogP contribution in [-0.4, -0.2) is 29.8 Å². The summed E-state index contributed by atoms with van der Waals surface area (Å²) in [6, 6.07) is 8.63. The number of benzene rings is 1. The molecule has 1 amide bonds. The number of nitrogens with zero attached hydrogens (tertiary/aromatic N) is 1. The number of rotatable bonds is 5. The van der Waals surface area contributed by atoms with Gasteiger partial charge in [0.1, 0.15) is 5.75 Å². The maximum Gasteiger partial charge on any atom is 0.258 e. The number of amides is 1. The highest BCUT2D eigenvalue weighted by Gasteiger charge is 2.32. The van der Waals surface area contributed by atoms with Crippen LogP contribution in [0, 0.1) is 11.3 Å². The van der Waals surface area contributed by atoms with E-state index in [0.717, 1.165) is 32.1 Å². The first-order valence-electron chi connectivity index (χ1n) is 7.22. The van der Waals surface area contributed by atoms with Crippen LogP contribution in [0.2, 0.25) is 0 Å². The summed E-state index contributed by atoms with van der Waals surface area (Å²) in [5.41, 5.74) is 0.0665. The monoisotopic (exact) mass is 288 g/mol. The Kier molecular flexibility index (Phi) is 5.18. The molecule has 0 radical (unpaired) electrons. The second-order valence-electron chi connectivity index (χ2n) is 5.47. The highest BCUT2D eigenvalue weighted by molar-refractivity contribution is 5.78. The third-order valence-electron chi connectivity index (χ3n) is 3.87. The molecule has 2 rings (SSSR count). The molecule has 1 aliphatic carbocycles. The van der Waals surface area contributed by atoms with Gasteiger partial charge in [-0.3, -0.25) is 4.79 Å². The van der Waals surface area contributed by atoms with Crippen LogP contribution < -0.4 is 10.1 Å². The number of carbonyl (C=O) groups excluding carboxylic acids is 1. The lowest BCUT2D eigenvalue weighted by Gasteiger charge is -2.36. The molecule has 5 nitrogen and oxygen atoms in total. The lowest BCUT2D eigenvalue weighted by atomic mass is 9.82. The van der Waals surface area contributed by atoms with E-state index < -0.39 is 5.54 Å². The molecule has 0 unspecified atom stereocenters. The van der Waals surface area contributed by atoms with Crippen molar-refractivity contribution in [3.05, 3.63) is 29.8 Å². The fraction of sp³-hybridized carbons (Fsp3) is 0.500. The topological polar surface area (TPSA) is 82.3 Å². The molecule has 0 heterocycles. The molecular weight excluding hydrogens is 268 g/mol. The molecular formula is C16H20N2O3. The van der Waals surface area contributed by atoms with Crippen LogP contribution in [0.1, 0.15) is 37.7 Å². The molecule has 21 heavy (non-hydrogen) atoms. The van der Waals surface area contributed by atoms with Gasteiger partial charge in [0.15, 0.2) is 6.61 Å². The summed E-state index contributed by atoms with van der Waals surface area (Å²) >= 11 is 0. The zero-order chi connectivity index (χ0) is 15.1. The first-order valence-corrected chi connectivity index (χ1v) is 7.22. The van der Waals surface area contributed by atoms with Crippen LogP contribution in [0.15, 0.2) is 24.3 Å². The summed E-state index contributed by atoms with van der Waals surface area (Å²) in [5, 5.41) is 21.2. The van der Waals surface area contributed by atoms with Crippen molar-refractivity contribution in [3.8, 4) is 11.8 Å². The maximum atomic E-state index is 12.0. The van der Waals surface area contributed by atoms with Gasteiger partial charge in [-0.2, -0.15) is 5.26 Å². The first-order chi connectivity index (χ1) is 10.2. The number of carbonyl (C=O) groups is 1. The molecule has 0 atom stereocenters. The van der Waals surface area contributed by atoms with Gasteiger partial charge in [0.2, 0.25) is 0 Å². The molecule has 5 heteroatoms. The summed E-state index contributed by atoms with van der Waals surface area (Å²) < 4.78 is 5.40. The highest BCUT2D eigenvalue weighted by atomic mass is 16.5. The summed E-state index contributed by atoms with van der Waals surface area (Å²) in [4.78, 5) is 12.0. The summed E-state index contributed by atoms with van der Waals surface area (Å²) in [6.07, 6.45) is 4.83. The number of hydrogen-bond donors (Lipinski definition) is 2. The minimum atomic E-state index is -0.483. The Morgan fingerprint density at radius 2 is 1.95 bits per heavy atom. The first kappa shape index (κ1) is 15.3. The van der Waals surface area contributed by atoms with Crippen molar-refractivity contribution in [1.82, 2.24) is 5.32 Å². The van der Waals surface area contributed by atoms with Gasteiger partial charge in [0, 0.05) is 0 Å². The van der Waals surface area contributed by atoms with Crippen molar-refractivity contribution in [1.29, 1.82) is 5.26 Å². The number of aliphatic hydroxyl groups excluding tert-OH is 1. The summed E-state index contributed by atoms with van der Waals surface area (Å²) in [6.45, 7) is -0.122. The van der Waals surface area contributed by atoms with Crippen molar-refractivity contribution in [3.63, 3.8) is 0 Å². The van der Waals surface area contributed by atoms with Gasteiger partial charge in [0.25, 0.3) is 5.91 Å². The Balaban J connectivity index is 1.84. The molecule has 2 N–H and O–H groups in total. The third kappa shape index (κ3) is 4.20. The molecule has 0 spiro atoms. The van der Waals surface area contributed by atoms with Crippen molar-refractivity contribution in [2.75, 3.05) is 13.2 Å². The van der Waals surface area contributed by atoms with E-state index in [-0.39, 0.29) is 19.1 Å². The van der Waals surface area contributed by atoms with Crippen LogP contribution in [-0.2, 0) is 4.79 Å². The van der Waals surface area contributed by atoms with Crippen LogP contribution in [0.5, 0.6) is 5.75 Å². The lowest BCUT2D eigenvalue weighted by molar-refractivity contribution is -0.126. The molecule has 0 bridgehead atoms. The van der Waals surface area contributed by atoms with Crippen LogP contribution in [0.3, 0.4) is 0 Å². The molecule has 1 aromatic carbocycles. The van der Waals surface area contributed by atoms with Crippen molar-refractivity contribution < 1.29 is 14.6 Å². The second kappa shape index (κ2) is 7.09. The smallest absolute Gasteiger partial charge is 0.258 e. The van der Waals surface area contributed by atoms with E-state index in [4.69, 9.17) is 10.00 Å². The Morgan fingerprint density at radius 3 is 2.52 bits per heavy atom. The van der Waals surface area contributed by atoms with Gasteiger partial charge in [-0.1, -0.05) is 19.3 Å². The summed E-state index contributed by atoms with van der Waals surface area (Å²) in [5.74, 6) is 0.321. The second-order valence-corrected chi connectivity index (χ2v) is 5.47. The average molecular weight is 288 g/mol. The van der Waals surface area contributed by atoms with Gasteiger partial charge in [0.05, 0.1) is 23.8 Å². The van der Waals surface area contributed by atoms with E-state index in [1.54, 1.807) is 24.3 Å². The molecule has 0 aromatic heterocycles. The predicted molar refractivity (Wildman–Crippen MR) is 77.7 cm³/mol. The van der Waals surface area contributed by atoms with Gasteiger partial charge < -0.3 is 15.2 Å². The molecule has 112 valence electrons. The van der Waals surface area contributed by atoms with E-state index in [1.807, 2.05) is 6.07 Å². The molecule has 0 aliphatic heterocycles. The lowest BCUT2D eigenvalue weighted by Crippen LogP contribution is -2.53. The average Bonchev–Trinajstić information content (AvgIpc) is 2.54. The number of hydrogen-bond acceptors (Lipinski definition) is 4. The molecule has 0 saturated heterocycles. The van der Waals surface area contributed by atoms with E-state index in [1.165, 1.54) is 0 Å². The van der Waals surface area contributed by atoms with Gasteiger partial charge >= 0.3 is 0 Å². The van der Waals surface area contributed by atoms with E-state index in [9.17, 15) is 9.90 Å². The quantitative estimate of drug-likeness (QED) is 0.864. The van der Waals surface area contributed by atoms with Gasteiger partial charge in [-0.15, -0.1) is 0 Å². The van der Waals surface area contributed by atoms with E-state index in [2.05, 4.69) is 5.32 Å². The maximum absolute atomic E-state index is 12.0. The highest BCUT2D eigenvalue weighted by Crippen LogP contribution is 2.27. The normalized spacial score (nSPS) is 16.8. The fourth-order valence-electron chi connectivity index (χ4n) is 2.66. The molecule has 1 fully saturated rings. The Hall–Kier alpha value is -2.06. The van der Waals surface area contributed by atoms with Crippen molar-refractivity contribution in [2.24, 2.45) is 0 Å². The number of ether oxygens (including phenoxy) is 1. The van der Waals surface area contributed by atoms with Crippen molar-refractivity contribution in [2.45, 2.75) is 37.6 Å². The third-order valence-corrected chi connectivity index (χ3v) is 3.87. The molecule has 1 aromatic rings. The SMILES string of the molecule is N#Cc1ccc(OCC(=O)NC2(CO)CCCCC2)cc1. The van der Waals surface area contributed by atoms with Gasteiger partial charge in [-0.25, -0.2) is 0 Å². The van der Waals surface area contributed by atoms with Gasteiger partial charge in [-0.05, 0) is 37.1 Å². The Morgan fingerprint density at radius 1 is 1.29 bits per heavy atom. The van der Waals surface area contributed by atoms with E-state index in [0.29, 0.717) is 11.3 Å². The zero-order valence-corrected chi connectivity index (χ0v) is 12.0. The number of nitrogens with one attached hydrogen (secondary N) is 1. The predicted octanol–water partition coefficient (Wildman–Crippen LogP) is 1.75. The molecule has 1 saturated carbocycles. The van der Waals surface area contributed by atoms with Crippen LogP contribution in [0.25, 0.3) is 0 Å². The fourth-order valence-corrected chi connectivity index (χ4v) is 2.66. The van der Waals surface area contributed by atoms with Crippen LogP contribution >= 0.6 is 0 Å². The standard InChI is InChI=1S/C16H20N2O3/c17-10-13-4-6-14(7-5-13)21-11-15(20)18-16(12-19)8-2-1-3-9-16/h4-7,19H,1-3,8-9,11-12H2,(H,18,20). The Bertz CT molecular complexity index is 513.